The van der Waals surface area contributed by atoms with Gasteiger partial charge >= 0.3 is 0 Å². The van der Waals surface area contributed by atoms with Crippen molar-refractivity contribution in [2.45, 2.75) is 95.7 Å². The lowest BCUT2D eigenvalue weighted by Gasteiger charge is -2.32. The molecule has 186 valence electrons. The molecule has 2 fully saturated rings. The maximum atomic E-state index is 10.8. The Balaban J connectivity index is 1.32. The summed E-state index contributed by atoms with van der Waals surface area (Å²) in [5, 5.41) is 31.4. The Hall–Kier alpha value is -1.18. The molecule has 1 aromatic rings. The van der Waals surface area contributed by atoms with E-state index in [2.05, 4.69) is 13.0 Å². The molecular weight excluding hydrogens is 420 g/mol. The van der Waals surface area contributed by atoms with E-state index < -0.39 is 6.29 Å². The van der Waals surface area contributed by atoms with Gasteiger partial charge in [-0.2, -0.15) is 0 Å². The first-order valence-electron chi connectivity index (χ1n) is 13.1. The molecule has 3 aliphatic rings. The second kappa shape index (κ2) is 12.0. The van der Waals surface area contributed by atoms with Gasteiger partial charge in [-0.05, 0) is 79.9 Å². The molecule has 2 unspecified atom stereocenters. The van der Waals surface area contributed by atoms with Crippen molar-refractivity contribution >= 4 is 0 Å². The molecule has 0 amide bonds. The van der Waals surface area contributed by atoms with Crippen molar-refractivity contribution in [2.75, 3.05) is 19.8 Å². The van der Waals surface area contributed by atoms with E-state index in [1.54, 1.807) is 0 Å². The van der Waals surface area contributed by atoms with E-state index in [0.717, 1.165) is 57.1 Å². The number of aliphatic hydroxyl groups is 3. The molecular formula is C27H42O6. The van der Waals surface area contributed by atoms with Crippen LogP contribution in [0.25, 0.3) is 0 Å². The van der Waals surface area contributed by atoms with E-state index in [-0.39, 0.29) is 30.8 Å². The topological polar surface area (TPSA) is 88.4 Å². The predicted octanol–water partition coefficient (Wildman–Crippen LogP) is 3.62. The zero-order valence-corrected chi connectivity index (χ0v) is 20.0. The fourth-order valence-corrected chi connectivity index (χ4v) is 6.14. The van der Waals surface area contributed by atoms with Crippen LogP contribution in [0, 0.1) is 17.8 Å². The van der Waals surface area contributed by atoms with Crippen LogP contribution in [0.3, 0.4) is 0 Å². The van der Waals surface area contributed by atoms with Crippen LogP contribution in [0.15, 0.2) is 18.2 Å². The molecule has 2 aliphatic carbocycles. The summed E-state index contributed by atoms with van der Waals surface area (Å²) < 4.78 is 16.9. The number of fused-ring (bicyclic) bond motifs is 2. The Morgan fingerprint density at radius 3 is 2.82 bits per heavy atom. The van der Waals surface area contributed by atoms with Crippen molar-refractivity contribution < 1.29 is 29.5 Å². The molecule has 7 atom stereocenters. The van der Waals surface area contributed by atoms with Crippen LogP contribution in [0.5, 0.6) is 5.75 Å². The summed E-state index contributed by atoms with van der Waals surface area (Å²) in [5.41, 5.74) is 2.50. The zero-order chi connectivity index (χ0) is 23.2. The Kier molecular flexibility index (Phi) is 9.05. The van der Waals surface area contributed by atoms with E-state index >= 15 is 0 Å². The van der Waals surface area contributed by atoms with Crippen LogP contribution < -0.4 is 4.74 Å². The van der Waals surface area contributed by atoms with Crippen molar-refractivity contribution in [1.29, 1.82) is 0 Å². The normalized spacial score (nSPS) is 30.6. The fraction of sp³-hybridized carbons (Fsp3) is 0.778. The molecule has 0 radical (unpaired) electrons. The molecule has 33 heavy (non-hydrogen) atoms. The number of ether oxygens (including phenoxy) is 3. The summed E-state index contributed by atoms with van der Waals surface area (Å²) in [7, 11) is 0. The van der Waals surface area contributed by atoms with Gasteiger partial charge in [0.1, 0.15) is 12.4 Å². The molecule has 1 saturated heterocycles. The maximum absolute atomic E-state index is 10.8. The quantitative estimate of drug-likeness (QED) is 0.325. The van der Waals surface area contributed by atoms with E-state index in [0.29, 0.717) is 25.0 Å². The molecule has 0 aromatic heterocycles. The van der Waals surface area contributed by atoms with Gasteiger partial charge in [0, 0.05) is 6.61 Å². The van der Waals surface area contributed by atoms with Gasteiger partial charge in [-0.15, -0.1) is 0 Å². The van der Waals surface area contributed by atoms with Gasteiger partial charge in [-0.3, -0.25) is 0 Å². The van der Waals surface area contributed by atoms with Crippen LogP contribution in [0.1, 0.15) is 69.4 Å². The van der Waals surface area contributed by atoms with Gasteiger partial charge in [0.05, 0.1) is 24.9 Å². The Bertz CT molecular complexity index is 733. The molecule has 6 nitrogen and oxygen atoms in total. The SMILES string of the molecule is CCCCC[C@H](O)CC[C@@H]1[C@H]2Cc3cccc(OCC(O)OC4CCOC4)c3C[C@H]2C[C@H]1O. The minimum atomic E-state index is -0.967. The van der Waals surface area contributed by atoms with Crippen LogP contribution in [0.4, 0.5) is 0 Å². The number of rotatable bonds is 12. The first-order chi connectivity index (χ1) is 16.0. The first-order valence-corrected chi connectivity index (χ1v) is 13.1. The Labute approximate surface area is 198 Å². The summed E-state index contributed by atoms with van der Waals surface area (Å²) in [6.07, 6.45) is 7.90. The van der Waals surface area contributed by atoms with Crippen molar-refractivity contribution in [1.82, 2.24) is 0 Å². The predicted molar refractivity (Wildman–Crippen MR) is 126 cm³/mol. The average molecular weight is 463 g/mol. The minimum Gasteiger partial charge on any atom is -0.488 e. The lowest BCUT2D eigenvalue weighted by Crippen LogP contribution is -2.29. The van der Waals surface area contributed by atoms with Crippen LogP contribution in [-0.4, -0.2) is 59.7 Å². The van der Waals surface area contributed by atoms with Gasteiger partial charge in [-0.1, -0.05) is 38.3 Å². The van der Waals surface area contributed by atoms with Gasteiger partial charge < -0.3 is 29.5 Å². The van der Waals surface area contributed by atoms with Crippen molar-refractivity contribution in [3.8, 4) is 5.75 Å². The number of hydrogen-bond acceptors (Lipinski definition) is 6. The van der Waals surface area contributed by atoms with Crippen molar-refractivity contribution in [3.63, 3.8) is 0 Å². The molecule has 3 N–H and O–H groups in total. The lowest BCUT2D eigenvalue weighted by atomic mass is 9.73. The van der Waals surface area contributed by atoms with E-state index in [9.17, 15) is 15.3 Å². The van der Waals surface area contributed by atoms with Gasteiger partial charge in [-0.25, -0.2) is 0 Å². The molecule has 6 heteroatoms. The number of benzene rings is 1. The highest BCUT2D eigenvalue weighted by molar-refractivity contribution is 5.43. The zero-order valence-electron chi connectivity index (χ0n) is 20.0. The van der Waals surface area contributed by atoms with Crippen LogP contribution >= 0.6 is 0 Å². The van der Waals surface area contributed by atoms with E-state index in [4.69, 9.17) is 14.2 Å². The molecule has 1 aromatic carbocycles. The highest BCUT2D eigenvalue weighted by Gasteiger charge is 2.44. The van der Waals surface area contributed by atoms with Gasteiger partial charge in [0.15, 0.2) is 6.29 Å². The van der Waals surface area contributed by atoms with E-state index in [1.807, 2.05) is 12.1 Å². The summed E-state index contributed by atoms with van der Waals surface area (Å²) in [4.78, 5) is 0. The van der Waals surface area contributed by atoms with Crippen LogP contribution in [0.2, 0.25) is 0 Å². The van der Waals surface area contributed by atoms with Crippen molar-refractivity contribution in [2.24, 2.45) is 17.8 Å². The third-order valence-electron chi connectivity index (χ3n) is 7.94. The van der Waals surface area contributed by atoms with Crippen LogP contribution in [-0.2, 0) is 22.3 Å². The number of unbranched alkanes of at least 4 members (excludes halogenated alkanes) is 2. The summed E-state index contributed by atoms with van der Waals surface area (Å²) in [5.74, 6) is 1.98. The number of aliphatic hydroxyl groups excluding tert-OH is 3. The molecule has 1 aliphatic heterocycles. The molecule has 4 rings (SSSR count). The standard InChI is InChI=1S/C27H42O6/c1-2-3-4-7-20(28)9-10-22-23-13-18-6-5-8-26(24(18)14-19(23)15-25(22)29)32-17-27(30)33-21-11-12-31-16-21/h5-6,8,19-23,25,27-30H,2-4,7,9-17H2,1H3/t19-,20-,21?,22+,23-,25+,27?/m0/s1. The second-order valence-corrected chi connectivity index (χ2v) is 10.3. The monoisotopic (exact) mass is 462 g/mol. The Morgan fingerprint density at radius 1 is 1.15 bits per heavy atom. The molecule has 1 saturated carbocycles. The average Bonchev–Trinajstić information content (AvgIpc) is 3.41. The molecule has 0 spiro atoms. The number of hydrogen-bond donors (Lipinski definition) is 3. The second-order valence-electron chi connectivity index (χ2n) is 10.3. The summed E-state index contributed by atoms with van der Waals surface area (Å²) in [6, 6.07) is 6.16. The summed E-state index contributed by atoms with van der Waals surface area (Å²) in [6.45, 7) is 3.49. The fourth-order valence-electron chi connectivity index (χ4n) is 6.14. The highest BCUT2D eigenvalue weighted by Crippen LogP contribution is 2.48. The smallest absolute Gasteiger partial charge is 0.189 e. The first kappa shape index (κ1) is 24.9. The highest BCUT2D eigenvalue weighted by atomic mass is 16.6. The van der Waals surface area contributed by atoms with Gasteiger partial charge in [0.25, 0.3) is 0 Å². The summed E-state index contributed by atoms with van der Waals surface area (Å²) >= 11 is 0. The third kappa shape index (κ3) is 6.49. The van der Waals surface area contributed by atoms with Gasteiger partial charge in [0.2, 0.25) is 0 Å². The minimum absolute atomic E-state index is 0.0591. The largest absolute Gasteiger partial charge is 0.488 e. The maximum Gasteiger partial charge on any atom is 0.189 e. The lowest BCUT2D eigenvalue weighted by molar-refractivity contribution is -0.150. The van der Waals surface area contributed by atoms with E-state index in [1.165, 1.54) is 24.0 Å². The van der Waals surface area contributed by atoms with Crippen molar-refractivity contribution in [3.05, 3.63) is 29.3 Å². The molecule has 1 heterocycles. The molecule has 0 bridgehead atoms. The third-order valence-corrected chi connectivity index (χ3v) is 7.94. The Morgan fingerprint density at radius 2 is 2.03 bits per heavy atom.